The van der Waals surface area contributed by atoms with Gasteiger partial charge in [0.25, 0.3) is 5.91 Å². The minimum atomic E-state index is -0.612. The molecular formula is C7H12N2O3. The zero-order valence-corrected chi connectivity index (χ0v) is 7.09. The van der Waals surface area contributed by atoms with Crippen LogP contribution in [0.3, 0.4) is 0 Å². The molecule has 0 aromatic rings. The summed E-state index contributed by atoms with van der Waals surface area (Å²) < 4.78 is 4.53. The van der Waals surface area contributed by atoms with Crippen LogP contribution < -0.4 is 11.1 Å². The van der Waals surface area contributed by atoms with Crippen LogP contribution in [0, 0.1) is 0 Å². The zero-order valence-electron chi connectivity index (χ0n) is 7.09. The summed E-state index contributed by atoms with van der Waals surface area (Å²) in [5.74, 6) is -1.11. The number of likely N-dealkylation sites (N-methyl/N-ethyl adjacent to an activating group) is 1. The average Bonchev–Trinajstić information content (AvgIpc) is 2.03. The number of nitrogens with one attached hydrogen (secondary N) is 1. The Bertz CT molecular complexity index is 211. The molecule has 3 N–H and O–H groups in total. The summed E-state index contributed by atoms with van der Waals surface area (Å²) in [6.45, 7) is 1.93. The Hall–Kier alpha value is -1.52. The predicted molar refractivity (Wildman–Crippen MR) is 43.0 cm³/mol. The average molecular weight is 172 g/mol. The summed E-state index contributed by atoms with van der Waals surface area (Å²) >= 11 is 0. The van der Waals surface area contributed by atoms with Crippen LogP contribution >= 0.6 is 0 Å². The van der Waals surface area contributed by atoms with Gasteiger partial charge in [0, 0.05) is 7.05 Å². The Labute approximate surface area is 70.6 Å². The molecule has 0 heterocycles. The van der Waals surface area contributed by atoms with Gasteiger partial charge in [0.1, 0.15) is 5.70 Å². The Morgan fingerprint density at radius 2 is 2.17 bits per heavy atom. The fourth-order valence-electron chi connectivity index (χ4n) is 0.521. The smallest absolute Gasteiger partial charge is 0.333 e. The van der Waals surface area contributed by atoms with Gasteiger partial charge in [-0.05, 0) is 6.92 Å². The third-order valence-corrected chi connectivity index (χ3v) is 1.05. The van der Waals surface area contributed by atoms with Gasteiger partial charge in [0.05, 0.1) is 12.7 Å². The van der Waals surface area contributed by atoms with Crippen molar-refractivity contribution in [1.82, 2.24) is 5.32 Å². The van der Waals surface area contributed by atoms with Crippen molar-refractivity contribution < 1.29 is 14.3 Å². The van der Waals surface area contributed by atoms with E-state index in [0.717, 1.165) is 6.08 Å². The number of carbonyl (C=O) groups excluding carboxylic acids is 2. The van der Waals surface area contributed by atoms with Gasteiger partial charge in [-0.15, -0.1) is 0 Å². The van der Waals surface area contributed by atoms with Gasteiger partial charge in [-0.25, -0.2) is 4.79 Å². The number of hydrogen-bond acceptors (Lipinski definition) is 4. The third kappa shape index (κ3) is 3.60. The Kier molecular flexibility index (Phi) is 4.52. The highest BCUT2D eigenvalue weighted by atomic mass is 16.5. The minimum Gasteiger partial charge on any atom is -0.463 e. The number of rotatable bonds is 3. The molecule has 5 heteroatoms. The highest BCUT2D eigenvalue weighted by Crippen LogP contribution is 1.86. The van der Waals surface area contributed by atoms with Crippen molar-refractivity contribution in [2.45, 2.75) is 6.92 Å². The maximum atomic E-state index is 10.7. The van der Waals surface area contributed by atoms with E-state index >= 15 is 0 Å². The first-order chi connectivity index (χ1) is 5.61. The van der Waals surface area contributed by atoms with Crippen molar-refractivity contribution in [2.24, 2.45) is 5.73 Å². The molecule has 0 fully saturated rings. The SMILES string of the molecule is CCOC(=O)/C=C(/N)C(=O)NC. The molecule has 68 valence electrons. The quantitative estimate of drug-likeness (QED) is 0.428. The van der Waals surface area contributed by atoms with Crippen LogP contribution in [0.15, 0.2) is 11.8 Å². The standard InChI is InChI=1S/C7H12N2O3/c1-3-12-6(10)4-5(8)7(11)9-2/h4H,3,8H2,1-2H3,(H,9,11)/b5-4+. The van der Waals surface area contributed by atoms with E-state index in [0.29, 0.717) is 0 Å². The lowest BCUT2D eigenvalue weighted by molar-refractivity contribution is -0.137. The second kappa shape index (κ2) is 5.17. The lowest BCUT2D eigenvalue weighted by Crippen LogP contribution is -2.25. The van der Waals surface area contributed by atoms with Gasteiger partial charge >= 0.3 is 5.97 Å². The molecule has 0 aromatic carbocycles. The van der Waals surface area contributed by atoms with Crippen molar-refractivity contribution in [3.63, 3.8) is 0 Å². The van der Waals surface area contributed by atoms with Crippen LogP contribution in [0.2, 0.25) is 0 Å². The molecule has 0 atom stereocenters. The van der Waals surface area contributed by atoms with E-state index in [1.807, 2.05) is 0 Å². The van der Waals surface area contributed by atoms with Crippen molar-refractivity contribution in [3.05, 3.63) is 11.8 Å². The molecule has 0 aliphatic carbocycles. The molecule has 0 bridgehead atoms. The highest BCUT2D eigenvalue weighted by molar-refractivity contribution is 5.98. The molecule has 0 spiro atoms. The summed E-state index contributed by atoms with van der Waals surface area (Å²) in [5, 5.41) is 2.27. The molecule has 1 amide bonds. The number of ether oxygens (including phenoxy) is 1. The molecule has 0 aliphatic rings. The Balaban J connectivity index is 4.15. The summed E-state index contributed by atoms with van der Waals surface area (Å²) in [6, 6.07) is 0. The van der Waals surface area contributed by atoms with Gasteiger partial charge in [-0.3, -0.25) is 4.79 Å². The largest absolute Gasteiger partial charge is 0.463 e. The van der Waals surface area contributed by atoms with E-state index in [1.54, 1.807) is 6.92 Å². The highest BCUT2D eigenvalue weighted by Gasteiger charge is 2.04. The normalized spacial score (nSPS) is 10.7. The van der Waals surface area contributed by atoms with E-state index in [-0.39, 0.29) is 12.3 Å². The molecule has 0 radical (unpaired) electrons. The maximum absolute atomic E-state index is 10.7. The van der Waals surface area contributed by atoms with Crippen LogP contribution in [0.1, 0.15) is 6.92 Å². The van der Waals surface area contributed by atoms with E-state index in [9.17, 15) is 9.59 Å². The Morgan fingerprint density at radius 3 is 2.58 bits per heavy atom. The number of nitrogens with two attached hydrogens (primary N) is 1. The second-order valence-corrected chi connectivity index (χ2v) is 1.93. The second-order valence-electron chi connectivity index (χ2n) is 1.93. The van der Waals surface area contributed by atoms with Crippen LogP contribution in [0.5, 0.6) is 0 Å². The van der Waals surface area contributed by atoms with Crippen LogP contribution in [-0.4, -0.2) is 25.5 Å². The van der Waals surface area contributed by atoms with E-state index < -0.39 is 11.9 Å². The molecular weight excluding hydrogens is 160 g/mol. The fraction of sp³-hybridized carbons (Fsp3) is 0.429. The van der Waals surface area contributed by atoms with Gasteiger partial charge in [0.15, 0.2) is 0 Å². The van der Waals surface area contributed by atoms with Gasteiger partial charge in [0.2, 0.25) is 0 Å². The maximum Gasteiger partial charge on any atom is 0.333 e. The zero-order chi connectivity index (χ0) is 9.56. The first kappa shape index (κ1) is 10.5. The lowest BCUT2D eigenvalue weighted by atomic mass is 10.4. The van der Waals surface area contributed by atoms with Crippen molar-refractivity contribution in [2.75, 3.05) is 13.7 Å². The summed E-state index contributed by atoms with van der Waals surface area (Å²) in [4.78, 5) is 21.5. The number of carbonyl (C=O) groups is 2. The van der Waals surface area contributed by atoms with E-state index in [1.165, 1.54) is 7.05 Å². The first-order valence-electron chi connectivity index (χ1n) is 3.47. The van der Waals surface area contributed by atoms with E-state index in [4.69, 9.17) is 5.73 Å². The van der Waals surface area contributed by atoms with Crippen LogP contribution in [0.4, 0.5) is 0 Å². The van der Waals surface area contributed by atoms with Crippen molar-refractivity contribution in [1.29, 1.82) is 0 Å². The predicted octanol–water partition coefficient (Wildman–Crippen LogP) is -0.862. The molecule has 12 heavy (non-hydrogen) atoms. The minimum absolute atomic E-state index is 0.157. The van der Waals surface area contributed by atoms with E-state index in [2.05, 4.69) is 10.1 Å². The van der Waals surface area contributed by atoms with Crippen molar-refractivity contribution >= 4 is 11.9 Å². The van der Waals surface area contributed by atoms with Crippen molar-refractivity contribution in [3.8, 4) is 0 Å². The number of amides is 1. The molecule has 0 rings (SSSR count). The monoisotopic (exact) mass is 172 g/mol. The molecule has 0 saturated heterocycles. The topological polar surface area (TPSA) is 81.4 Å². The number of esters is 1. The van der Waals surface area contributed by atoms with Gasteiger partial charge < -0.3 is 15.8 Å². The van der Waals surface area contributed by atoms with Crippen LogP contribution in [0.25, 0.3) is 0 Å². The summed E-state index contributed by atoms with van der Waals surface area (Å²) in [5.41, 5.74) is 5.05. The van der Waals surface area contributed by atoms with Crippen LogP contribution in [-0.2, 0) is 14.3 Å². The molecule has 5 nitrogen and oxygen atoms in total. The molecule has 0 aromatic heterocycles. The lowest BCUT2D eigenvalue weighted by Gasteiger charge is -1.99. The molecule has 0 saturated carbocycles. The van der Waals surface area contributed by atoms with Gasteiger partial charge in [-0.1, -0.05) is 0 Å². The Morgan fingerprint density at radius 1 is 1.58 bits per heavy atom. The summed E-state index contributed by atoms with van der Waals surface area (Å²) in [6.07, 6.45) is 0.947. The molecule has 0 aliphatic heterocycles. The number of hydrogen-bond donors (Lipinski definition) is 2. The third-order valence-electron chi connectivity index (χ3n) is 1.05. The fourth-order valence-corrected chi connectivity index (χ4v) is 0.521. The van der Waals surface area contributed by atoms with Gasteiger partial charge in [-0.2, -0.15) is 0 Å². The first-order valence-corrected chi connectivity index (χ1v) is 3.47. The summed E-state index contributed by atoms with van der Waals surface area (Å²) in [7, 11) is 1.42. The molecule has 0 unspecified atom stereocenters.